The van der Waals surface area contributed by atoms with Crippen LogP contribution in [0.3, 0.4) is 0 Å². The Balaban J connectivity index is 0.00000363. The van der Waals surface area contributed by atoms with Crippen molar-refractivity contribution in [3.63, 3.8) is 0 Å². The van der Waals surface area contributed by atoms with Crippen molar-refractivity contribution in [1.82, 2.24) is 15.2 Å². The van der Waals surface area contributed by atoms with Crippen molar-refractivity contribution >= 4 is 29.9 Å². The number of nitrogens with zero attached hydrogens (tertiary/aromatic N) is 2. The van der Waals surface area contributed by atoms with E-state index in [1.165, 1.54) is 5.56 Å². The second kappa shape index (κ2) is 13.6. The van der Waals surface area contributed by atoms with E-state index in [-0.39, 0.29) is 29.5 Å². The van der Waals surface area contributed by atoms with Gasteiger partial charge in [-0.1, -0.05) is 48.5 Å². The van der Waals surface area contributed by atoms with Gasteiger partial charge in [-0.25, -0.2) is 4.99 Å². The number of guanidine groups is 1. The van der Waals surface area contributed by atoms with E-state index in [0.29, 0.717) is 13.1 Å². The smallest absolute Gasteiger partial charge is 0.250 e. The van der Waals surface area contributed by atoms with E-state index >= 15 is 0 Å². The van der Waals surface area contributed by atoms with E-state index in [1.54, 1.807) is 30.0 Å². The van der Waals surface area contributed by atoms with Crippen molar-refractivity contribution in [2.45, 2.75) is 26.4 Å². The highest BCUT2D eigenvalue weighted by molar-refractivity contribution is 14.0. The van der Waals surface area contributed by atoms with Crippen LogP contribution in [0.1, 0.15) is 23.6 Å². The van der Waals surface area contributed by atoms with Gasteiger partial charge in [0.2, 0.25) is 0 Å². The molecule has 170 valence electrons. The summed E-state index contributed by atoms with van der Waals surface area (Å²) in [5.41, 5.74) is 3.38. The number of ether oxygens (including phenoxy) is 1. The first-order valence-electron chi connectivity index (χ1n) is 10.6. The maximum absolute atomic E-state index is 11.9. The van der Waals surface area contributed by atoms with E-state index in [1.807, 2.05) is 36.4 Å². The fourth-order valence-electron chi connectivity index (χ4n) is 3.28. The molecule has 0 aliphatic rings. The molecule has 0 fully saturated rings. The maximum atomic E-state index is 11.9. The molecule has 3 aromatic rings. The molecule has 0 spiro atoms. The zero-order valence-electron chi connectivity index (χ0n) is 18.6. The van der Waals surface area contributed by atoms with Crippen LogP contribution < -0.4 is 20.9 Å². The summed E-state index contributed by atoms with van der Waals surface area (Å²) < 4.78 is 7.11. The highest BCUT2D eigenvalue weighted by Crippen LogP contribution is 2.17. The minimum Gasteiger partial charge on any atom is -0.496 e. The van der Waals surface area contributed by atoms with Crippen LogP contribution in [0.2, 0.25) is 0 Å². The second-order valence-corrected chi connectivity index (χ2v) is 7.17. The lowest BCUT2D eigenvalue weighted by atomic mass is 10.1. The van der Waals surface area contributed by atoms with Crippen LogP contribution in [0.15, 0.2) is 82.7 Å². The predicted octanol–water partition coefficient (Wildman–Crippen LogP) is 3.82. The van der Waals surface area contributed by atoms with Crippen molar-refractivity contribution in [2.24, 2.45) is 4.99 Å². The van der Waals surface area contributed by atoms with Crippen LogP contribution >= 0.6 is 24.0 Å². The van der Waals surface area contributed by atoms with Crippen molar-refractivity contribution in [3.05, 3.63) is 100.0 Å². The number of hydrogen-bond acceptors (Lipinski definition) is 3. The number of methoxy groups -OCH3 is 1. The summed E-state index contributed by atoms with van der Waals surface area (Å²) in [6.45, 7) is 4.76. The molecule has 2 aromatic carbocycles. The molecule has 0 saturated heterocycles. The molecule has 0 atom stereocenters. The summed E-state index contributed by atoms with van der Waals surface area (Å²) in [6, 6.07) is 21.5. The van der Waals surface area contributed by atoms with Gasteiger partial charge in [0.1, 0.15) is 5.75 Å². The van der Waals surface area contributed by atoms with Crippen LogP contribution in [-0.4, -0.2) is 30.7 Å². The third-order valence-electron chi connectivity index (χ3n) is 4.92. The van der Waals surface area contributed by atoms with Crippen LogP contribution in [0.4, 0.5) is 0 Å². The normalized spacial score (nSPS) is 10.9. The van der Waals surface area contributed by atoms with Gasteiger partial charge in [0, 0.05) is 25.4 Å². The van der Waals surface area contributed by atoms with Crippen LogP contribution in [0, 0.1) is 0 Å². The van der Waals surface area contributed by atoms with Gasteiger partial charge in [-0.3, -0.25) is 4.79 Å². The molecule has 0 amide bonds. The number of benzene rings is 2. The summed E-state index contributed by atoms with van der Waals surface area (Å²) >= 11 is 0. The topological polar surface area (TPSA) is 67.7 Å². The average Bonchev–Trinajstić information content (AvgIpc) is 2.80. The molecule has 32 heavy (non-hydrogen) atoms. The Hall–Kier alpha value is -2.81. The maximum Gasteiger partial charge on any atom is 0.250 e. The monoisotopic (exact) mass is 546 g/mol. The molecule has 6 nitrogen and oxygen atoms in total. The molecule has 0 saturated carbocycles. The molecule has 3 rings (SSSR count). The molecular weight excluding hydrogens is 515 g/mol. The van der Waals surface area contributed by atoms with E-state index in [9.17, 15) is 4.79 Å². The standard InChI is InChI=1S/C25H30N4O2.HI/c1-3-26-25(27-16-15-22-8-4-5-9-23(22)31-2)28-18-20-11-13-21(14-12-20)19-29-17-7-6-10-24(29)30;/h4-14,17H,3,15-16,18-19H2,1-2H3,(H2,26,27,28);1H. The summed E-state index contributed by atoms with van der Waals surface area (Å²) in [6.07, 6.45) is 2.65. The Morgan fingerprint density at radius 1 is 0.969 bits per heavy atom. The molecule has 0 radical (unpaired) electrons. The Morgan fingerprint density at radius 3 is 2.41 bits per heavy atom. The molecule has 7 heteroatoms. The van der Waals surface area contributed by atoms with Gasteiger partial charge in [-0.05, 0) is 42.2 Å². The Bertz CT molecular complexity index is 1050. The first kappa shape index (κ1) is 25.5. The van der Waals surface area contributed by atoms with Gasteiger partial charge in [-0.2, -0.15) is 0 Å². The molecule has 0 aliphatic carbocycles. The van der Waals surface area contributed by atoms with Gasteiger partial charge in [-0.15, -0.1) is 24.0 Å². The fourth-order valence-corrected chi connectivity index (χ4v) is 3.28. The third-order valence-corrected chi connectivity index (χ3v) is 4.92. The number of para-hydroxylation sites is 1. The quantitative estimate of drug-likeness (QED) is 0.243. The minimum atomic E-state index is 0. The Morgan fingerprint density at radius 2 is 1.69 bits per heavy atom. The van der Waals surface area contributed by atoms with Crippen LogP contribution in [-0.2, 0) is 19.5 Å². The minimum absolute atomic E-state index is 0. The SMILES string of the molecule is CCNC(=NCc1ccc(Cn2ccccc2=O)cc1)NCCc1ccccc1OC.I. The van der Waals surface area contributed by atoms with Crippen molar-refractivity contribution < 1.29 is 4.74 Å². The largest absolute Gasteiger partial charge is 0.496 e. The second-order valence-electron chi connectivity index (χ2n) is 7.17. The lowest BCUT2D eigenvalue weighted by Gasteiger charge is -2.13. The lowest BCUT2D eigenvalue weighted by molar-refractivity contribution is 0.409. The predicted molar refractivity (Wildman–Crippen MR) is 141 cm³/mol. The summed E-state index contributed by atoms with van der Waals surface area (Å²) in [5.74, 6) is 1.70. The Labute approximate surface area is 206 Å². The number of nitrogens with one attached hydrogen (secondary N) is 2. The molecule has 0 aliphatic heterocycles. The third kappa shape index (κ3) is 7.71. The molecule has 0 unspecified atom stereocenters. The summed E-state index contributed by atoms with van der Waals surface area (Å²) in [5, 5.41) is 6.67. The fraction of sp³-hybridized carbons (Fsp3) is 0.280. The molecule has 0 bridgehead atoms. The van der Waals surface area contributed by atoms with Crippen molar-refractivity contribution in [3.8, 4) is 5.75 Å². The summed E-state index contributed by atoms with van der Waals surface area (Å²) in [4.78, 5) is 16.6. The molecule has 1 heterocycles. The van der Waals surface area contributed by atoms with Crippen molar-refractivity contribution in [1.29, 1.82) is 0 Å². The summed E-state index contributed by atoms with van der Waals surface area (Å²) in [7, 11) is 1.70. The number of aliphatic imine (C=N–C) groups is 1. The van der Waals surface area contributed by atoms with Gasteiger partial charge in [0.15, 0.2) is 5.96 Å². The van der Waals surface area contributed by atoms with Gasteiger partial charge in [0.05, 0.1) is 20.2 Å². The average molecular weight is 546 g/mol. The molecular formula is C25H31IN4O2. The highest BCUT2D eigenvalue weighted by atomic mass is 127. The van der Waals surface area contributed by atoms with E-state index in [0.717, 1.165) is 42.3 Å². The number of aromatic nitrogens is 1. The zero-order chi connectivity index (χ0) is 21.9. The number of rotatable bonds is 9. The van der Waals surface area contributed by atoms with Gasteiger partial charge in [0.25, 0.3) is 5.56 Å². The first-order valence-corrected chi connectivity index (χ1v) is 10.6. The van der Waals surface area contributed by atoms with Crippen molar-refractivity contribution in [2.75, 3.05) is 20.2 Å². The van der Waals surface area contributed by atoms with E-state index in [4.69, 9.17) is 9.73 Å². The number of hydrogen-bond donors (Lipinski definition) is 2. The molecule has 1 aromatic heterocycles. The van der Waals surface area contributed by atoms with Gasteiger partial charge >= 0.3 is 0 Å². The number of pyridine rings is 1. The first-order chi connectivity index (χ1) is 15.2. The lowest BCUT2D eigenvalue weighted by Crippen LogP contribution is -2.38. The van der Waals surface area contributed by atoms with E-state index in [2.05, 4.69) is 35.8 Å². The Kier molecular flexibility index (Phi) is 10.8. The highest BCUT2D eigenvalue weighted by Gasteiger charge is 2.03. The van der Waals surface area contributed by atoms with Crippen LogP contribution in [0.25, 0.3) is 0 Å². The molecule has 2 N–H and O–H groups in total. The van der Waals surface area contributed by atoms with Crippen LogP contribution in [0.5, 0.6) is 5.75 Å². The van der Waals surface area contributed by atoms with Gasteiger partial charge < -0.3 is 19.9 Å². The number of halogens is 1. The van der Waals surface area contributed by atoms with E-state index < -0.39 is 0 Å². The zero-order valence-corrected chi connectivity index (χ0v) is 20.9.